The summed E-state index contributed by atoms with van der Waals surface area (Å²) in [5.74, 6) is 1.36. The van der Waals surface area contributed by atoms with E-state index in [4.69, 9.17) is 14.2 Å². The SMILES string of the molecule is CC(C)(C)OC(=O)N1CCN(Cc2ccc(C(=O)N[C@@H]3[C@H]4Oc5ccc(Oc6ccnc7c6CCC(=O)N7)cc5[C@@H]34)cc2C(F)(F)F)CC1. The first-order valence-electron chi connectivity index (χ1n) is 16.2. The van der Waals surface area contributed by atoms with Crippen molar-refractivity contribution >= 4 is 23.7 Å². The number of hydrogen-bond donors (Lipinski definition) is 2. The summed E-state index contributed by atoms with van der Waals surface area (Å²) in [6.45, 7) is 6.81. The second kappa shape index (κ2) is 12.2. The van der Waals surface area contributed by atoms with Gasteiger partial charge in [-0.2, -0.15) is 13.2 Å². The van der Waals surface area contributed by atoms with Gasteiger partial charge in [-0.25, -0.2) is 9.78 Å². The topological polar surface area (TPSA) is 122 Å². The van der Waals surface area contributed by atoms with Gasteiger partial charge in [0, 0.05) is 62.0 Å². The Morgan fingerprint density at radius 3 is 2.55 bits per heavy atom. The first kappa shape index (κ1) is 32.7. The maximum Gasteiger partial charge on any atom is 0.416 e. The molecule has 2 aromatic carbocycles. The van der Waals surface area contributed by atoms with E-state index in [2.05, 4.69) is 15.6 Å². The lowest BCUT2D eigenvalue weighted by Crippen LogP contribution is -2.49. The van der Waals surface area contributed by atoms with Gasteiger partial charge in [-0.1, -0.05) is 6.07 Å². The van der Waals surface area contributed by atoms with Crippen molar-refractivity contribution in [1.29, 1.82) is 0 Å². The summed E-state index contributed by atoms with van der Waals surface area (Å²) < 4.78 is 60.3. The molecule has 3 atom stereocenters. The number of nitrogens with zero attached hydrogens (tertiary/aromatic N) is 3. The molecule has 7 rings (SSSR count). The lowest BCUT2D eigenvalue weighted by molar-refractivity contribution is -0.138. The Kier molecular flexibility index (Phi) is 8.16. The highest BCUT2D eigenvalue weighted by molar-refractivity contribution is 5.95. The fourth-order valence-corrected chi connectivity index (χ4v) is 6.57. The number of fused-ring (bicyclic) bond motifs is 4. The van der Waals surface area contributed by atoms with Crippen molar-refractivity contribution in [2.75, 3.05) is 31.5 Å². The predicted molar refractivity (Wildman–Crippen MR) is 171 cm³/mol. The van der Waals surface area contributed by atoms with E-state index in [1.165, 1.54) is 12.1 Å². The molecule has 1 aromatic heterocycles. The minimum atomic E-state index is -4.67. The van der Waals surface area contributed by atoms with E-state index < -0.39 is 35.4 Å². The van der Waals surface area contributed by atoms with Crippen molar-refractivity contribution in [2.45, 2.75) is 70.0 Å². The van der Waals surface area contributed by atoms with E-state index >= 15 is 0 Å². The average molecular weight is 680 g/mol. The summed E-state index contributed by atoms with van der Waals surface area (Å²) in [6, 6.07) is 10.4. The molecule has 2 fully saturated rings. The van der Waals surface area contributed by atoms with Crippen molar-refractivity contribution in [3.05, 3.63) is 76.5 Å². The highest BCUT2D eigenvalue weighted by Gasteiger charge is 2.59. The number of rotatable bonds is 6. The molecule has 2 N–H and O–H groups in total. The summed E-state index contributed by atoms with van der Waals surface area (Å²) in [6.07, 6.45) is -3.05. The third kappa shape index (κ3) is 6.87. The third-order valence-corrected chi connectivity index (χ3v) is 9.05. The van der Waals surface area contributed by atoms with Crippen LogP contribution >= 0.6 is 0 Å². The standard InChI is InChI=1S/C35H36F3N5O6/c1-34(2,3)49-33(46)43-14-12-42(13-15-43)18-20-5-4-19(16-24(20)35(36,37)38)32(45)41-29-28-23-17-21(6-8-25(23)48-30(28)29)47-26-10-11-39-31-22(26)7-9-27(44)40-31/h4-6,8,10-11,16-17,28-30H,7,9,12-15,18H2,1-3H3,(H,41,45)(H,39,40,44)/t28-,29-,30-/m0/s1. The second-order valence-corrected chi connectivity index (χ2v) is 13.7. The van der Waals surface area contributed by atoms with Crippen LogP contribution in [-0.2, 0) is 28.7 Å². The Labute approximate surface area is 280 Å². The zero-order chi connectivity index (χ0) is 34.7. The van der Waals surface area contributed by atoms with Crippen molar-refractivity contribution in [2.24, 2.45) is 0 Å². The van der Waals surface area contributed by atoms with Crippen molar-refractivity contribution in [3.63, 3.8) is 0 Å². The zero-order valence-corrected chi connectivity index (χ0v) is 27.2. The number of piperazine rings is 1. The van der Waals surface area contributed by atoms with E-state index in [-0.39, 0.29) is 35.6 Å². The largest absolute Gasteiger partial charge is 0.487 e. The molecule has 0 unspecified atom stereocenters. The van der Waals surface area contributed by atoms with E-state index in [9.17, 15) is 27.6 Å². The molecule has 14 heteroatoms. The number of amides is 3. The highest BCUT2D eigenvalue weighted by Crippen LogP contribution is 2.54. The molecule has 0 radical (unpaired) electrons. The number of carbonyl (C=O) groups excluding carboxylic acids is 3. The lowest BCUT2D eigenvalue weighted by Gasteiger charge is -2.36. The number of aromatic nitrogens is 1. The van der Waals surface area contributed by atoms with Crippen molar-refractivity contribution in [3.8, 4) is 17.2 Å². The summed E-state index contributed by atoms with van der Waals surface area (Å²) in [5, 5.41) is 5.61. The van der Waals surface area contributed by atoms with Gasteiger partial charge in [-0.05, 0) is 69.2 Å². The number of anilines is 1. The Balaban J connectivity index is 0.993. The molecular weight excluding hydrogens is 643 g/mol. The smallest absolute Gasteiger partial charge is 0.416 e. The third-order valence-electron chi connectivity index (χ3n) is 9.05. The van der Waals surface area contributed by atoms with Crippen LogP contribution in [-0.4, -0.2) is 76.6 Å². The van der Waals surface area contributed by atoms with Crippen LogP contribution in [0.2, 0.25) is 0 Å². The quantitative estimate of drug-likeness (QED) is 0.351. The number of halogens is 3. The molecule has 0 spiro atoms. The zero-order valence-electron chi connectivity index (χ0n) is 27.2. The number of alkyl halides is 3. The van der Waals surface area contributed by atoms with Gasteiger partial charge >= 0.3 is 12.3 Å². The fraction of sp³-hybridized carbons (Fsp3) is 0.429. The number of carbonyl (C=O) groups is 3. The molecule has 3 aliphatic heterocycles. The van der Waals surface area contributed by atoms with Gasteiger partial charge in [-0.15, -0.1) is 0 Å². The fourth-order valence-electron chi connectivity index (χ4n) is 6.57. The lowest BCUT2D eigenvalue weighted by atomic mass is 10.0. The Morgan fingerprint density at radius 2 is 1.82 bits per heavy atom. The van der Waals surface area contributed by atoms with E-state index in [0.29, 0.717) is 62.1 Å². The highest BCUT2D eigenvalue weighted by atomic mass is 19.4. The van der Waals surface area contributed by atoms with Gasteiger partial charge in [0.25, 0.3) is 5.91 Å². The molecule has 3 amide bonds. The van der Waals surface area contributed by atoms with Crippen LogP contribution in [0.5, 0.6) is 17.2 Å². The molecule has 258 valence electrons. The van der Waals surface area contributed by atoms with Crippen LogP contribution in [0.3, 0.4) is 0 Å². The summed E-state index contributed by atoms with van der Waals surface area (Å²) in [5.41, 5.74) is 0.0952. The number of benzene rings is 2. The second-order valence-electron chi connectivity index (χ2n) is 13.7. The molecule has 1 aliphatic carbocycles. The Hall–Kier alpha value is -4.85. The van der Waals surface area contributed by atoms with Crippen LogP contribution in [0.15, 0.2) is 48.7 Å². The maximum absolute atomic E-state index is 14.2. The van der Waals surface area contributed by atoms with Gasteiger partial charge in [0.15, 0.2) is 0 Å². The van der Waals surface area contributed by atoms with Crippen LogP contribution in [0.1, 0.15) is 65.7 Å². The van der Waals surface area contributed by atoms with Crippen LogP contribution < -0.4 is 20.1 Å². The maximum atomic E-state index is 14.2. The Morgan fingerprint density at radius 1 is 1.04 bits per heavy atom. The van der Waals surface area contributed by atoms with E-state index in [1.807, 2.05) is 11.0 Å². The van der Waals surface area contributed by atoms with Crippen molar-refractivity contribution in [1.82, 2.24) is 20.1 Å². The van der Waals surface area contributed by atoms with Crippen molar-refractivity contribution < 1.29 is 41.8 Å². The van der Waals surface area contributed by atoms with Gasteiger partial charge in [0.2, 0.25) is 5.91 Å². The monoisotopic (exact) mass is 679 g/mol. The van der Waals surface area contributed by atoms with Gasteiger partial charge in [-0.3, -0.25) is 14.5 Å². The van der Waals surface area contributed by atoms with E-state index in [0.717, 1.165) is 17.2 Å². The summed E-state index contributed by atoms with van der Waals surface area (Å²) in [7, 11) is 0. The predicted octanol–water partition coefficient (Wildman–Crippen LogP) is 5.49. The summed E-state index contributed by atoms with van der Waals surface area (Å²) in [4.78, 5) is 45.0. The Bertz CT molecular complexity index is 1820. The summed E-state index contributed by atoms with van der Waals surface area (Å²) >= 11 is 0. The molecule has 3 aromatic rings. The first-order chi connectivity index (χ1) is 23.2. The molecular formula is C35H36F3N5O6. The molecule has 1 saturated carbocycles. The molecule has 4 heterocycles. The molecule has 4 aliphatic rings. The van der Waals surface area contributed by atoms with E-state index in [1.54, 1.807) is 50.1 Å². The van der Waals surface area contributed by atoms with Gasteiger partial charge < -0.3 is 29.7 Å². The number of hydrogen-bond acceptors (Lipinski definition) is 8. The molecule has 1 saturated heterocycles. The van der Waals surface area contributed by atoms with Crippen LogP contribution in [0, 0.1) is 0 Å². The van der Waals surface area contributed by atoms with Gasteiger partial charge in [0.05, 0.1) is 17.5 Å². The number of ether oxygens (including phenoxy) is 3. The number of pyridine rings is 1. The van der Waals surface area contributed by atoms with Gasteiger partial charge in [0.1, 0.15) is 34.8 Å². The number of nitrogens with one attached hydrogen (secondary N) is 2. The molecule has 49 heavy (non-hydrogen) atoms. The average Bonchev–Trinajstić information content (AvgIpc) is 3.55. The molecule has 0 bridgehead atoms. The van der Waals surface area contributed by atoms with Crippen LogP contribution in [0.25, 0.3) is 0 Å². The first-order valence-corrected chi connectivity index (χ1v) is 16.2. The molecule has 11 nitrogen and oxygen atoms in total. The van der Waals surface area contributed by atoms with Crippen LogP contribution in [0.4, 0.5) is 23.8 Å². The minimum absolute atomic E-state index is 0.0254. The minimum Gasteiger partial charge on any atom is -0.487 e. The normalized spacial score (nSPS) is 21.5.